The second-order valence-electron chi connectivity index (χ2n) is 4.39. The Kier molecular flexibility index (Phi) is 10.6. The molecule has 3 nitrogen and oxygen atoms in total. The first kappa shape index (κ1) is 17.4. The quantitative estimate of drug-likeness (QED) is 0.529. The Bertz CT molecular complexity index is 156. The topological polar surface area (TPSA) is 27.7 Å². The highest BCUT2D eigenvalue weighted by Gasteiger charge is 2.39. The first-order chi connectivity index (χ1) is 8.17. The molecule has 0 aromatic carbocycles. The van der Waals surface area contributed by atoms with Gasteiger partial charge in [0, 0.05) is 18.8 Å². The summed E-state index contributed by atoms with van der Waals surface area (Å²) in [6.07, 6.45) is 5.09. The Balaban J connectivity index is 4.34. The van der Waals surface area contributed by atoms with Crippen molar-refractivity contribution in [3.63, 3.8) is 0 Å². The highest BCUT2D eigenvalue weighted by molar-refractivity contribution is 6.36. The Morgan fingerprint density at radius 2 is 1.18 bits per heavy atom. The Morgan fingerprint density at radius 1 is 0.765 bits per heavy atom. The van der Waals surface area contributed by atoms with Crippen molar-refractivity contribution in [2.45, 2.75) is 72.3 Å². The summed E-state index contributed by atoms with van der Waals surface area (Å²) >= 11 is -1.95. The van der Waals surface area contributed by atoms with Crippen LogP contribution in [0.25, 0.3) is 0 Å². The van der Waals surface area contributed by atoms with Crippen LogP contribution in [0.4, 0.5) is 0 Å². The third kappa shape index (κ3) is 6.79. The van der Waals surface area contributed by atoms with Crippen LogP contribution in [0, 0.1) is 0 Å². The molecule has 0 aromatic rings. The molecule has 0 fully saturated rings. The lowest BCUT2D eigenvalue weighted by Crippen LogP contribution is -2.41. The SMILES string of the molecule is CCC[O][Al]([O]CCC)[O]C(CC)(CC)CC. The van der Waals surface area contributed by atoms with Crippen LogP contribution in [0.15, 0.2) is 0 Å². The predicted molar refractivity (Wildman–Crippen MR) is 72.9 cm³/mol. The minimum atomic E-state index is -1.95. The van der Waals surface area contributed by atoms with Crippen molar-refractivity contribution in [1.82, 2.24) is 0 Å². The molecule has 0 radical (unpaired) electrons. The van der Waals surface area contributed by atoms with Crippen LogP contribution in [-0.4, -0.2) is 34.0 Å². The summed E-state index contributed by atoms with van der Waals surface area (Å²) in [5.74, 6) is 0. The largest absolute Gasteiger partial charge is 0.906 e. The molecule has 0 saturated carbocycles. The lowest BCUT2D eigenvalue weighted by atomic mass is 9.95. The van der Waals surface area contributed by atoms with Crippen molar-refractivity contribution >= 4 is 15.1 Å². The maximum atomic E-state index is 6.18. The first-order valence-corrected chi connectivity index (χ1v) is 8.50. The summed E-state index contributed by atoms with van der Waals surface area (Å²) in [7, 11) is 0. The van der Waals surface area contributed by atoms with Gasteiger partial charge in [0.25, 0.3) is 0 Å². The standard InChI is InChI=1S/C7H15O.2C3H7O.Al/c1-4-7(8,5-2)6-3;2*1-2-3-4;/h4-6H2,1-3H3;2*2-3H2,1H3;/q3*-1;+3. The maximum Gasteiger partial charge on any atom is 0.906 e. The Labute approximate surface area is 112 Å². The summed E-state index contributed by atoms with van der Waals surface area (Å²) < 4.78 is 17.7. The molecular weight excluding hydrogens is 231 g/mol. The van der Waals surface area contributed by atoms with E-state index >= 15 is 0 Å². The number of hydrogen-bond acceptors (Lipinski definition) is 3. The molecule has 0 saturated heterocycles. The molecule has 0 aromatic heterocycles. The van der Waals surface area contributed by atoms with E-state index in [1.54, 1.807) is 0 Å². The fourth-order valence-electron chi connectivity index (χ4n) is 1.75. The van der Waals surface area contributed by atoms with Crippen molar-refractivity contribution in [2.75, 3.05) is 13.2 Å². The van der Waals surface area contributed by atoms with Crippen molar-refractivity contribution in [1.29, 1.82) is 0 Å². The lowest BCUT2D eigenvalue weighted by molar-refractivity contribution is -0.0182. The lowest BCUT2D eigenvalue weighted by Gasteiger charge is -2.33. The zero-order chi connectivity index (χ0) is 13.1. The van der Waals surface area contributed by atoms with Crippen molar-refractivity contribution in [2.24, 2.45) is 0 Å². The van der Waals surface area contributed by atoms with Crippen molar-refractivity contribution < 1.29 is 11.4 Å². The molecule has 0 amide bonds. The molecule has 102 valence electrons. The second kappa shape index (κ2) is 10.3. The Hall–Kier alpha value is 0.412. The fraction of sp³-hybridized carbons (Fsp3) is 1.00. The normalized spacial score (nSPS) is 11.8. The van der Waals surface area contributed by atoms with E-state index in [1.165, 1.54) is 0 Å². The second-order valence-corrected chi connectivity index (χ2v) is 5.87. The van der Waals surface area contributed by atoms with E-state index < -0.39 is 15.1 Å². The zero-order valence-electron chi connectivity index (χ0n) is 12.3. The summed E-state index contributed by atoms with van der Waals surface area (Å²) in [4.78, 5) is 0. The van der Waals surface area contributed by atoms with E-state index in [0.29, 0.717) is 0 Å². The minimum Gasteiger partial charge on any atom is -0.454 e. The van der Waals surface area contributed by atoms with Gasteiger partial charge in [-0.3, -0.25) is 0 Å². The van der Waals surface area contributed by atoms with Gasteiger partial charge in [0.15, 0.2) is 0 Å². The van der Waals surface area contributed by atoms with Crippen LogP contribution in [-0.2, 0) is 11.4 Å². The van der Waals surface area contributed by atoms with Crippen LogP contribution in [0.3, 0.4) is 0 Å². The molecule has 0 atom stereocenters. The minimum absolute atomic E-state index is 0.0433. The molecule has 0 unspecified atom stereocenters. The molecule has 0 rings (SSSR count). The monoisotopic (exact) mass is 260 g/mol. The van der Waals surface area contributed by atoms with Gasteiger partial charge in [-0.2, -0.15) is 0 Å². The molecule has 0 bridgehead atoms. The van der Waals surface area contributed by atoms with E-state index in [4.69, 9.17) is 11.4 Å². The average Bonchev–Trinajstić information content (AvgIpc) is 2.38. The summed E-state index contributed by atoms with van der Waals surface area (Å²) in [6.45, 7) is 12.2. The van der Waals surface area contributed by atoms with Gasteiger partial charge in [-0.1, -0.05) is 34.6 Å². The van der Waals surface area contributed by atoms with E-state index in [9.17, 15) is 0 Å². The van der Waals surface area contributed by atoms with Crippen molar-refractivity contribution in [3.8, 4) is 0 Å². The van der Waals surface area contributed by atoms with E-state index in [-0.39, 0.29) is 5.60 Å². The van der Waals surface area contributed by atoms with Gasteiger partial charge in [0.1, 0.15) is 0 Å². The molecular formula is C13H29AlO3. The molecule has 0 N–H and O–H groups in total. The number of rotatable bonds is 11. The highest BCUT2D eigenvalue weighted by atomic mass is 27.3. The van der Waals surface area contributed by atoms with Gasteiger partial charge in [0.05, 0.1) is 0 Å². The van der Waals surface area contributed by atoms with E-state index in [1.807, 2.05) is 0 Å². The highest BCUT2D eigenvalue weighted by Crippen LogP contribution is 2.25. The predicted octanol–water partition coefficient (Wildman–Crippen LogP) is 3.81. The van der Waals surface area contributed by atoms with Gasteiger partial charge in [0.2, 0.25) is 0 Å². The molecule has 0 aliphatic carbocycles. The summed E-state index contributed by atoms with van der Waals surface area (Å²) in [5.41, 5.74) is -0.0433. The van der Waals surface area contributed by atoms with Crippen molar-refractivity contribution in [3.05, 3.63) is 0 Å². The third-order valence-electron chi connectivity index (χ3n) is 3.20. The van der Waals surface area contributed by atoms with Gasteiger partial charge in [-0.15, -0.1) is 0 Å². The van der Waals surface area contributed by atoms with E-state index in [0.717, 1.165) is 45.3 Å². The first-order valence-electron chi connectivity index (χ1n) is 7.08. The van der Waals surface area contributed by atoms with Crippen LogP contribution in [0.5, 0.6) is 0 Å². The molecule has 17 heavy (non-hydrogen) atoms. The van der Waals surface area contributed by atoms with Gasteiger partial charge < -0.3 is 11.4 Å². The maximum absolute atomic E-state index is 6.18. The molecule has 0 aliphatic rings. The zero-order valence-corrected chi connectivity index (χ0v) is 13.4. The number of hydrogen-bond donors (Lipinski definition) is 0. The smallest absolute Gasteiger partial charge is 0.454 e. The van der Waals surface area contributed by atoms with Gasteiger partial charge in [-0.25, -0.2) is 0 Å². The Morgan fingerprint density at radius 3 is 1.47 bits per heavy atom. The van der Waals surface area contributed by atoms with Crippen LogP contribution in [0.2, 0.25) is 0 Å². The van der Waals surface area contributed by atoms with Crippen LogP contribution < -0.4 is 0 Å². The summed E-state index contributed by atoms with van der Waals surface area (Å²) in [6, 6.07) is 0. The molecule has 0 spiro atoms. The molecule has 4 heteroatoms. The fourth-order valence-corrected chi connectivity index (χ4v) is 3.75. The van der Waals surface area contributed by atoms with Gasteiger partial charge >= 0.3 is 15.1 Å². The molecule has 0 heterocycles. The van der Waals surface area contributed by atoms with Crippen LogP contribution >= 0.6 is 0 Å². The third-order valence-corrected chi connectivity index (χ3v) is 4.90. The van der Waals surface area contributed by atoms with E-state index in [2.05, 4.69) is 34.6 Å². The average molecular weight is 260 g/mol. The van der Waals surface area contributed by atoms with Crippen LogP contribution in [0.1, 0.15) is 66.7 Å². The summed E-state index contributed by atoms with van der Waals surface area (Å²) in [5, 5.41) is 0. The van der Waals surface area contributed by atoms with Gasteiger partial charge in [-0.05, 0) is 32.1 Å². The molecule has 0 aliphatic heterocycles.